The number of hydrogen-bond acceptors (Lipinski definition) is 4. The fourth-order valence-electron chi connectivity index (χ4n) is 1.97. The van der Waals surface area contributed by atoms with Gasteiger partial charge in [0.25, 0.3) is 0 Å². The first-order valence-corrected chi connectivity index (χ1v) is 6.32. The molecule has 0 aliphatic carbocycles. The van der Waals surface area contributed by atoms with Crippen LogP contribution in [-0.2, 0) is 11.2 Å². The zero-order chi connectivity index (χ0) is 10.5. The summed E-state index contributed by atoms with van der Waals surface area (Å²) in [6, 6.07) is 4.77. The van der Waals surface area contributed by atoms with Crippen molar-refractivity contribution in [1.82, 2.24) is 4.90 Å². The van der Waals surface area contributed by atoms with Crippen molar-refractivity contribution in [3.63, 3.8) is 0 Å². The Morgan fingerprint density at radius 1 is 1.47 bits per heavy atom. The fraction of sp³-hybridized carbons (Fsp3) is 0.636. The third kappa shape index (κ3) is 3.01. The lowest BCUT2D eigenvalue weighted by Gasteiger charge is -2.33. The minimum atomic E-state index is 0.479. The van der Waals surface area contributed by atoms with Crippen molar-refractivity contribution in [2.75, 3.05) is 32.8 Å². The summed E-state index contributed by atoms with van der Waals surface area (Å²) in [6.45, 7) is 4.47. The molecule has 2 heterocycles. The van der Waals surface area contributed by atoms with Crippen LogP contribution < -0.4 is 5.73 Å². The molecule has 1 atom stereocenters. The SMILES string of the molecule is NCC(Cc1cccs1)N1CCOCC1. The van der Waals surface area contributed by atoms with Crippen LogP contribution in [0.15, 0.2) is 17.5 Å². The van der Waals surface area contributed by atoms with E-state index in [2.05, 4.69) is 22.4 Å². The van der Waals surface area contributed by atoms with Gasteiger partial charge in [0, 0.05) is 30.6 Å². The molecule has 1 aliphatic rings. The summed E-state index contributed by atoms with van der Waals surface area (Å²) in [7, 11) is 0. The Morgan fingerprint density at radius 3 is 2.87 bits per heavy atom. The highest BCUT2D eigenvalue weighted by Gasteiger charge is 2.20. The second kappa shape index (κ2) is 5.61. The van der Waals surface area contributed by atoms with Gasteiger partial charge in [0.2, 0.25) is 0 Å². The minimum Gasteiger partial charge on any atom is -0.379 e. The number of thiophene rings is 1. The highest BCUT2D eigenvalue weighted by molar-refractivity contribution is 7.09. The first kappa shape index (κ1) is 11.1. The van der Waals surface area contributed by atoms with Gasteiger partial charge in [-0.15, -0.1) is 11.3 Å². The van der Waals surface area contributed by atoms with Gasteiger partial charge in [0.05, 0.1) is 13.2 Å². The fourth-order valence-corrected chi connectivity index (χ4v) is 2.74. The van der Waals surface area contributed by atoms with Gasteiger partial charge in [-0.3, -0.25) is 4.90 Å². The van der Waals surface area contributed by atoms with E-state index in [1.165, 1.54) is 4.88 Å². The van der Waals surface area contributed by atoms with E-state index in [0.29, 0.717) is 6.04 Å². The first-order chi connectivity index (χ1) is 7.40. The highest BCUT2D eigenvalue weighted by Crippen LogP contribution is 2.14. The number of ether oxygens (including phenoxy) is 1. The molecule has 0 radical (unpaired) electrons. The molecule has 1 aromatic rings. The topological polar surface area (TPSA) is 38.5 Å². The second-order valence-electron chi connectivity index (χ2n) is 3.82. The van der Waals surface area contributed by atoms with E-state index in [4.69, 9.17) is 10.5 Å². The van der Waals surface area contributed by atoms with Crippen LogP contribution in [0.2, 0.25) is 0 Å². The summed E-state index contributed by atoms with van der Waals surface area (Å²) in [6.07, 6.45) is 1.08. The largest absolute Gasteiger partial charge is 0.379 e. The predicted molar refractivity (Wildman–Crippen MR) is 63.3 cm³/mol. The number of rotatable bonds is 4. The molecule has 1 aromatic heterocycles. The van der Waals surface area contributed by atoms with Crippen LogP contribution in [0, 0.1) is 0 Å². The summed E-state index contributed by atoms with van der Waals surface area (Å²) in [5.41, 5.74) is 5.84. The highest BCUT2D eigenvalue weighted by atomic mass is 32.1. The second-order valence-corrected chi connectivity index (χ2v) is 4.85. The third-order valence-electron chi connectivity index (χ3n) is 2.85. The van der Waals surface area contributed by atoms with Gasteiger partial charge < -0.3 is 10.5 Å². The Labute approximate surface area is 94.8 Å². The molecule has 3 nitrogen and oxygen atoms in total. The maximum atomic E-state index is 5.84. The predicted octanol–water partition coefficient (Wildman–Crippen LogP) is 0.950. The average Bonchev–Trinajstić information content (AvgIpc) is 2.80. The molecule has 0 aromatic carbocycles. The number of nitrogens with two attached hydrogens (primary N) is 1. The van der Waals surface area contributed by atoms with Crippen LogP contribution in [-0.4, -0.2) is 43.8 Å². The Kier molecular flexibility index (Phi) is 4.14. The molecular weight excluding hydrogens is 208 g/mol. The van der Waals surface area contributed by atoms with Crippen LogP contribution in [0.1, 0.15) is 4.88 Å². The van der Waals surface area contributed by atoms with Crippen molar-refractivity contribution in [3.8, 4) is 0 Å². The van der Waals surface area contributed by atoms with Crippen LogP contribution in [0.4, 0.5) is 0 Å². The normalized spacial score (nSPS) is 20.3. The molecule has 0 spiro atoms. The van der Waals surface area contributed by atoms with Crippen LogP contribution in [0.3, 0.4) is 0 Å². The van der Waals surface area contributed by atoms with Crippen molar-refractivity contribution >= 4 is 11.3 Å². The summed E-state index contributed by atoms with van der Waals surface area (Å²) >= 11 is 1.82. The first-order valence-electron chi connectivity index (χ1n) is 5.44. The molecule has 1 fully saturated rings. The minimum absolute atomic E-state index is 0.479. The van der Waals surface area contributed by atoms with Crippen molar-refractivity contribution in [1.29, 1.82) is 0 Å². The van der Waals surface area contributed by atoms with E-state index < -0.39 is 0 Å². The molecule has 84 valence electrons. The zero-order valence-electron chi connectivity index (χ0n) is 8.89. The number of nitrogens with zero attached hydrogens (tertiary/aromatic N) is 1. The van der Waals surface area contributed by atoms with Crippen LogP contribution in [0.5, 0.6) is 0 Å². The Balaban J connectivity index is 1.91. The van der Waals surface area contributed by atoms with Gasteiger partial charge in [-0.2, -0.15) is 0 Å². The standard InChI is InChI=1S/C11H18N2OS/c12-9-10(8-11-2-1-7-15-11)13-3-5-14-6-4-13/h1-2,7,10H,3-6,8-9,12H2. The summed E-state index contributed by atoms with van der Waals surface area (Å²) in [4.78, 5) is 3.88. The van der Waals surface area contributed by atoms with Gasteiger partial charge >= 0.3 is 0 Å². The summed E-state index contributed by atoms with van der Waals surface area (Å²) in [5.74, 6) is 0. The number of hydrogen-bond donors (Lipinski definition) is 1. The van der Waals surface area contributed by atoms with E-state index in [9.17, 15) is 0 Å². The van der Waals surface area contributed by atoms with E-state index >= 15 is 0 Å². The zero-order valence-corrected chi connectivity index (χ0v) is 9.71. The van der Waals surface area contributed by atoms with E-state index in [1.54, 1.807) is 0 Å². The molecule has 15 heavy (non-hydrogen) atoms. The maximum absolute atomic E-state index is 5.84. The molecule has 0 bridgehead atoms. The van der Waals surface area contributed by atoms with Crippen molar-refractivity contribution in [3.05, 3.63) is 22.4 Å². The molecule has 0 amide bonds. The van der Waals surface area contributed by atoms with Gasteiger partial charge in [-0.25, -0.2) is 0 Å². The van der Waals surface area contributed by atoms with Gasteiger partial charge in [0.1, 0.15) is 0 Å². The van der Waals surface area contributed by atoms with Crippen LogP contribution in [0.25, 0.3) is 0 Å². The maximum Gasteiger partial charge on any atom is 0.0594 e. The monoisotopic (exact) mass is 226 g/mol. The van der Waals surface area contributed by atoms with Gasteiger partial charge in [-0.05, 0) is 17.9 Å². The smallest absolute Gasteiger partial charge is 0.0594 e. The average molecular weight is 226 g/mol. The Morgan fingerprint density at radius 2 is 2.27 bits per heavy atom. The molecule has 4 heteroatoms. The Bertz CT molecular complexity index is 270. The molecule has 2 rings (SSSR count). The third-order valence-corrected chi connectivity index (χ3v) is 3.75. The van der Waals surface area contributed by atoms with Crippen molar-refractivity contribution in [2.24, 2.45) is 5.73 Å². The lowest BCUT2D eigenvalue weighted by molar-refractivity contribution is 0.0185. The molecule has 1 saturated heterocycles. The summed E-state index contributed by atoms with van der Waals surface area (Å²) in [5, 5.41) is 2.13. The number of morpholine rings is 1. The van der Waals surface area contributed by atoms with Crippen molar-refractivity contribution in [2.45, 2.75) is 12.5 Å². The lowest BCUT2D eigenvalue weighted by Crippen LogP contribution is -2.47. The van der Waals surface area contributed by atoms with E-state index in [1.807, 2.05) is 11.3 Å². The molecular formula is C11H18N2OS. The quantitative estimate of drug-likeness (QED) is 0.831. The molecule has 1 unspecified atom stereocenters. The van der Waals surface area contributed by atoms with Gasteiger partial charge in [0.15, 0.2) is 0 Å². The molecule has 2 N–H and O–H groups in total. The van der Waals surface area contributed by atoms with Crippen LogP contribution >= 0.6 is 11.3 Å². The van der Waals surface area contributed by atoms with Gasteiger partial charge in [-0.1, -0.05) is 6.07 Å². The van der Waals surface area contributed by atoms with Crippen molar-refractivity contribution < 1.29 is 4.74 Å². The molecule has 1 aliphatic heterocycles. The lowest BCUT2D eigenvalue weighted by atomic mass is 10.1. The summed E-state index contributed by atoms with van der Waals surface area (Å²) < 4.78 is 5.35. The van der Waals surface area contributed by atoms with E-state index in [-0.39, 0.29) is 0 Å². The Hall–Kier alpha value is -0.420. The molecule has 0 saturated carbocycles. The van der Waals surface area contributed by atoms with E-state index in [0.717, 1.165) is 39.3 Å².